The van der Waals surface area contributed by atoms with E-state index < -0.39 is 0 Å². The van der Waals surface area contributed by atoms with Gasteiger partial charge in [0, 0.05) is 31.9 Å². The first-order chi connectivity index (χ1) is 13.3. The van der Waals surface area contributed by atoms with Crippen molar-refractivity contribution in [1.82, 2.24) is 25.2 Å². The van der Waals surface area contributed by atoms with Crippen LogP contribution in [0.25, 0.3) is 11.0 Å². The summed E-state index contributed by atoms with van der Waals surface area (Å²) in [4.78, 5) is 20.6. The normalized spacial score (nSPS) is 12.5. The fourth-order valence-corrected chi connectivity index (χ4v) is 2.97. The topological polar surface area (TPSA) is 116 Å². The molecule has 0 saturated carbocycles. The Bertz CT molecular complexity index is 818. The molecule has 2 aromatic heterocycles. The van der Waals surface area contributed by atoms with E-state index in [2.05, 4.69) is 25.2 Å². The minimum atomic E-state index is -0.190. The summed E-state index contributed by atoms with van der Waals surface area (Å²) in [7, 11) is 1.65. The summed E-state index contributed by atoms with van der Waals surface area (Å²) in [5.41, 5.74) is 9.67. The van der Waals surface area contributed by atoms with Gasteiger partial charge in [-0.2, -0.15) is 0 Å². The molecule has 1 unspecified atom stereocenters. The van der Waals surface area contributed by atoms with Gasteiger partial charge in [-0.05, 0) is 40.2 Å². The minimum absolute atomic E-state index is 0.102. The predicted octanol–water partition coefficient (Wildman–Crippen LogP) is 2.06. The predicted molar refractivity (Wildman–Crippen MR) is 109 cm³/mol. The summed E-state index contributed by atoms with van der Waals surface area (Å²) >= 11 is 0. The van der Waals surface area contributed by atoms with E-state index in [9.17, 15) is 4.79 Å². The van der Waals surface area contributed by atoms with E-state index >= 15 is 0 Å². The van der Waals surface area contributed by atoms with Crippen LogP contribution < -0.4 is 16.4 Å². The maximum atomic E-state index is 11.6. The Kier molecular flexibility index (Phi) is 7.59. The maximum Gasteiger partial charge on any atom is 0.315 e. The summed E-state index contributed by atoms with van der Waals surface area (Å²) in [6.07, 6.45) is -0.187. The fraction of sp³-hybridized carbons (Fsp3) is 0.632. The van der Waals surface area contributed by atoms with Crippen molar-refractivity contribution < 1.29 is 14.3 Å². The molecule has 0 aliphatic carbocycles. The number of nitrogens with zero attached hydrogens (tertiary/aromatic N) is 3. The molecular formula is C19H32N6O3. The Balaban J connectivity index is 2.06. The van der Waals surface area contributed by atoms with Crippen LogP contribution in [-0.2, 0) is 16.0 Å². The lowest BCUT2D eigenvalue weighted by Gasteiger charge is -2.15. The standard InChI is InChI=1S/C19H32N6O3/c1-11(2)22-19(26)21-7-9-28-10-8-25-16-12(3)13(4)23-17(20)15(16)24-18(25)14(5)27-6/h11,14H,7-10H2,1-6H3,(H2,20,23)(H2,21,22,26). The lowest BCUT2D eigenvalue weighted by atomic mass is 10.2. The molecule has 0 aliphatic heterocycles. The zero-order chi connectivity index (χ0) is 20.8. The average Bonchev–Trinajstić information content (AvgIpc) is 3.01. The number of nitrogens with two attached hydrogens (primary N) is 1. The van der Waals surface area contributed by atoms with Crippen LogP contribution in [0.3, 0.4) is 0 Å². The molecular weight excluding hydrogens is 360 g/mol. The van der Waals surface area contributed by atoms with Gasteiger partial charge in [0.05, 0.1) is 18.7 Å². The number of aryl methyl sites for hydroxylation is 2. The lowest BCUT2D eigenvalue weighted by molar-refractivity contribution is 0.102. The molecule has 0 saturated heterocycles. The van der Waals surface area contributed by atoms with Gasteiger partial charge in [-0.3, -0.25) is 0 Å². The van der Waals surface area contributed by atoms with Gasteiger partial charge in [0.25, 0.3) is 0 Å². The number of rotatable bonds is 9. The highest BCUT2D eigenvalue weighted by Gasteiger charge is 2.20. The molecule has 2 aromatic rings. The number of ether oxygens (including phenoxy) is 2. The van der Waals surface area contributed by atoms with E-state index in [4.69, 9.17) is 15.2 Å². The smallest absolute Gasteiger partial charge is 0.315 e. The Hall–Kier alpha value is -2.39. The number of nitrogen functional groups attached to an aromatic ring is 1. The second kappa shape index (κ2) is 9.70. The molecule has 4 N–H and O–H groups in total. The van der Waals surface area contributed by atoms with E-state index in [1.54, 1.807) is 7.11 Å². The molecule has 0 bridgehead atoms. The van der Waals surface area contributed by atoms with Gasteiger partial charge in [0.2, 0.25) is 0 Å². The second-order valence-corrected chi connectivity index (χ2v) is 7.07. The number of methoxy groups -OCH3 is 1. The number of fused-ring (bicyclic) bond motifs is 1. The highest BCUT2D eigenvalue weighted by atomic mass is 16.5. The Labute approximate surface area is 166 Å². The first-order valence-electron chi connectivity index (χ1n) is 9.53. The Morgan fingerprint density at radius 3 is 2.57 bits per heavy atom. The summed E-state index contributed by atoms with van der Waals surface area (Å²) in [5, 5.41) is 5.53. The second-order valence-electron chi connectivity index (χ2n) is 7.07. The number of nitrogens with one attached hydrogen (secondary N) is 2. The van der Waals surface area contributed by atoms with E-state index in [1.807, 2.05) is 34.6 Å². The van der Waals surface area contributed by atoms with Crippen LogP contribution in [0.1, 0.15) is 44.0 Å². The Morgan fingerprint density at radius 1 is 1.21 bits per heavy atom. The average molecular weight is 393 g/mol. The number of pyridine rings is 1. The third-order valence-electron chi connectivity index (χ3n) is 4.55. The summed E-state index contributed by atoms with van der Waals surface area (Å²) < 4.78 is 13.3. The van der Waals surface area contributed by atoms with Crippen LogP contribution in [0.4, 0.5) is 10.6 Å². The molecule has 2 rings (SSSR count). The lowest BCUT2D eigenvalue weighted by Crippen LogP contribution is -2.40. The molecule has 0 radical (unpaired) electrons. The van der Waals surface area contributed by atoms with Crippen molar-refractivity contribution in [2.75, 3.05) is 32.6 Å². The van der Waals surface area contributed by atoms with Crippen molar-refractivity contribution in [1.29, 1.82) is 0 Å². The highest BCUT2D eigenvalue weighted by molar-refractivity contribution is 5.88. The molecule has 28 heavy (non-hydrogen) atoms. The zero-order valence-corrected chi connectivity index (χ0v) is 17.6. The van der Waals surface area contributed by atoms with Crippen LogP contribution >= 0.6 is 0 Å². The van der Waals surface area contributed by atoms with Crippen LogP contribution in [0.2, 0.25) is 0 Å². The van der Waals surface area contributed by atoms with Crippen molar-refractivity contribution >= 4 is 22.9 Å². The van der Waals surface area contributed by atoms with Gasteiger partial charge in [0.15, 0.2) is 5.82 Å². The maximum absolute atomic E-state index is 11.6. The monoisotopic (exact) mass is 392 g/mol. The number of anilines is 1. The molecule has 2 amide bonds. The zero-order valence-electron chi connectivity index (χ0n) is 17.6. The van der Waals surface area contributed by atoms with Crippen molar-refractivity contribution in [3.8, 4) is 0 Å². The largest absolute Gasteiger partial charge is 0.382 e. The van der Waals surface area contributed by atoms with Gasteiger partial charge in [-0.25, -0.2) is 14.8 Å². The van der Waals surface area contributed by atoms with Gasteiger partial charge in [-0.1, -0.05) is 0 Å². The van der Waals surface area contributed by atoms with Crippen LogP contribution in [0, 0.1) is 13.8 Å². The summed E-state index contributed by atoms with van der Waals surface area (Å²) in [6, 6.07) is -0.0882. The number of aromatic nitrogens is 3. The van der Waals surface area contributed by atoms with Crippen molar-refractivity contribution in [2.24, 2.45) is 0 Å². The van der Waals surface area contributed by atoms with Crippen molar-refractivity contribution in [3.05, 3.63) is 17.1 Å². The molecule has 1 atom stereocenters. The van der Waals surface area contributed by atoms with E-state index in [0.29, 0.717) is 37.6 Å². The molecule has 2 heterocycles. The molecule has 0 spiro atoms. The third kappa shape index (κ3) is 5.11. The first-order valence-corrected chi connectivity index (χ1v) is 9.53. The number of carbonyl (C=O) groups is 1. The fourth-order valence-electron chi connectivity index (χ4n) is 2.97. The van der Waals surface area contributed by atoms with Gasteiger partial charge < -0.3 is 30.4 Å². The summed E-state index contributed by atoms with van der Waals surface area (Å²) in [5.74, 6) is 1.21. The molecule has 156 valence electrons. The van der Waals surface area contributed by atoms with Crippen LogP contribution in [0.15, 0.2) is 0 Å². The molecule has 0 aromatic carbocycles. The molecule has 9 nitrogen and oxygen atoms in total. The van der Waals surface area contributed by atoms with Crippen LogP contribution in [0.5, 0.6) is 0 Å². The molecule has 0 fully saturated rings. The van der Waals surface area contributed by atoms with E-state index in [-0.39, 0.29) is 18.2 Å². The van der Waals surface area contributed by atoms with Gasteiger partial charge >= 0.3 is 6.03 Å². The van der Waals surface area contributed by atoms with E-state index in [0.717, 1.165) is 22.6 Å². The highest BCUT2D eigenvalue weighted by Crippen LogP contribution is 2.29. The number of imidazole rings is 1. The summed E-state index contributed by atoms with van der Waals surface area (Å²) in [6.45, 7) is 11.7. The van der Waals surface area contributed by atoms with Gasteiger partial charge in [0.1, 0.15) is 17.4 Å². The SMILES string of the molecule is COC(C)c1nc2c(N)nc(C)c(C)c2n1CCOCCNC(=O)NC(C)C. The number of carbonyl (C=O) groups excluding carboxylic acids is 1. The van der Waals surface area contributed by atoms with Crippen molar-refractivity contribution in [2.45, 2.75) is 53.3 Å². The number of hydrogen-bond donors (Lipinski definition) is 3. The molecule has 9 heteroatoms. The van der Waals surface area contributed by atoms with Gasteiger partial charge in [-0.15, -0.1) is 0 Å². The van der Waals surface area contributed by atoms with Crippen molar-refractivity contribution in [3.63, 3.8) is 0 Å². The number of hydrogen-bond acceptors (Lipinski definition) is 6. The number of amides is 2. The Morgan fingerprint density at radius 2 is 1.93 bits per heavy atom. The van der Waals surface area contributed by atoms with Crippen LogP contribution in [-0.4, -0.2) is 53.5 Å². The van der Waals surface area contributed by atoms with E-state index in [1.165, 1.54) is 0 Å². The minimum Gasteiger partial charge on any atom is -0.382 e. The third-order valence-corrected chi connectivity index (χ3v) is 4.55. The quantitative estimate of drug-likeness (QED) is 0.563. The molecule has 0 aliphatic rings. The first kappa shape index (κ1) is 21.9. The number of urea groups is 1.